The normalized spacial score (nSPS) is 11.6. The molecule has 0 unspecified atom stereocenters. The molecule has 0 aliphatic rings. The predicted octanol–water partition coefficient (Wildman–Crippen LogP) is 0.0374. The topological polar surface area (TPSA) is 86.7 Å². The van der Waals surface area contributed by atoms with Gasteiger partial charge >= 0.3 is 5.97 Å². The second-order valence-electron chi connectivity index (χ2n) is 3.46. The molecule has 1 aromatic rings. The number of rotatable bonds is 6. The summed E-state index contributed by atoms with van der Waals surface area (Å²) in [6.45, 7) is -0.433. The molecule has 1 aromatic carbocycles. The van der Waals surface area contributed by atoms with Crippen molar-refractivity contribution >= 4 is 16.2 Å². The molecule has 0 saturated carbocycles. The van der Waals surface area contributed by atoms with E-state index >= 15 is 0 Å². The van der Waals surface area contributed by atoms with Gasteiger partial charge < -0.3 is 5.11 Å². The summed E-state index contributed by atoms with van der Waals surface area (Å²) in [5.41, 5.74) is 0.829. The summed E-state index contributed by atoms with van der Waals surface area (Å²) in [6.07, 6.45) is 0. The van der Waals surface area contributed by atoms with Crippen molar-refractivity contribution in [2.24, 2.45) is 0 Å². The van der Waals surface area contributed by atoms with E-state index in [-0.39, 0.29) is 6.54 Å². The van der Waals surface area contributed by atoms with E-state index in [0.29, 0.717) is 0 Å². The van der Waals surface area contributed by atoms with Crippen LogP contribution in [0.1, 0.15) is 5.56 Å². The van der Waals surface area contributed by atoms with E-state index in [2.05, 4.69) is 0 Å². The van der Waals surface area contributed by atoms with Crippen LogP contribution in [0.25, 0.3) is 0 Å². The average Bonchev–Trinajstić information content (AvgIpc) is 2.28. The zero-order chi connectivity index (χ0) is 12.9. The minimum atomic E-state index is -3.75. The zero-order valence-electron chi connectivity index (χ0n) is 9.33. The number of carboxylic acids is 1. The van der Waals surface area contributed by atoms with Crippen molar-refractivity contribution in [2.75, 3.05) is 13.6 Å². The Hall–Kier alpha value is -1.44. The van der Waals surface area contributed by atoms with E-state index in [1.807, 2.05) is 10.8 Å². The third-order valence-corrected chi connectivity index (χ3v) is 3.52. The summed E-state index contributed by atoms with van der Waals surface area (Å²) >= 11 is 0. The predicted molar refractivity (Wildman–Crippen MR) is 62.5 cm³/mol. The van der Waals surface area contributed by atoms with Gasteiger partial charge in [0, 0.05) is 13.6 Å². The summed E-state index contributed by atoms with van der Waals surface area (Å²) in [6, 6.07) is 9.04. The van der Waals surface area contributed by atoms with Crippen LogP contribution >= 0.6 is 0 Å². The van der Waals surface area contributed by atoms with Crippen LogP contribution in [0.4, 0.5) is 0 Å². The van der Waals surface area contributed by atoms with Crippen molar-refractivity contribution in [3.63, 3.8) is 0 Å². The Morgan fingerprint density at radius 2 is 1.94 bits per heavy atom. The van der Waals surface area contributed by atoms with Crippen molar-refractivity contribution in [3.8, 4) is 0 Å². The van der Waals surface area contributed by atoms with Crippen molar-refractivity contribution < 1.29 is 18.3 Å². The fraction of sp³-hybridized carbons (Fsp3) is 0.300. The number of aliphatic carboxylic acids is 1. The smallest absolute Gasteiger partial charge is 0.318 e. The van der Waals surface area contributed by atoms with Crippen molar-refractivity contribution in [1.29, 1.82) is 0 Å². The molecule has 0 aromatic heterocycles. The minimum Gasteiger partial charge on any atom is -0.480 e. The standard InChI is InChI=1S/C10H14N2O4S/c1-12(8-9-5-3-2-4-6-9)17(15,16)11-7-10(13)14/h2-6,11H,7-8H2,1H3,(H,13,14). The molecule has 6 nitrogen and oxygen atoms in total. The Morgan fingerprint density at radius 1 is 1.35 bits per heavy atom. The van der Waals surface area contributed by atoms with Gasteiger partial charge in [0.2, 0.25) is 0 Å². The molecular weight excluding hydrogens is 244 g/mol. The molecule has 0 atom stereocenters. The maximum Gasteiger partial charge on any atom is 0.318 e. The third kappa shape index (κ3) is 4.51. The van der Waals surface area contributed by atoms with Crippen molar-refractivity contribution in [3.05, 3.63) is 35.9 Å². The lowest BCUT2D eigenvalue weighted by atomic mass is 10.2. The van der Waals surface area contributed by atoms with E-state index < -0.39 is 22.7 Å². The Bertz CT molecular complexity index is 472. The van der Waals surface area contributed by atoms with Crippen LogP contribution in [-0.2, 0) is 21.5 Å². The molecule has 0 fully saturated rings. The van der Waals surface area contributed by atoms with Gasteiger partial charge in [0.15, 0.2) is 0 Å². The van der Waals surface area contributed by atoms with Gasteiger partial charge in [-0.2, -0.15) is 17.4 Å². The van der Waals surface area contributed by atoms with E-state index in [9.17, 15) is 13.2 Å². The van der Waals surface area contributed by atoms with Gasteiger partial charge in [0.1, 0.15) is 6.54 Å². The summed E-state index contributed by atoms with van der Waals surface area (Å²) in [5, 5.41) is 8.40. The molecule has 1 rings (SSSR count). The van der Waals surface area contributed by atoms with Crippen LogP contribution in [0.5, 0.6) is 0 Å². The first kappa shape index (κ1) is 13.6. The van der Waals surface area contributed by atoms with Crippen molar-refractivity contribution in [2.45, 2.75) is 6.54 Å². The highest BCUT2D eigenvalue weighted by Crippen LogP contribution is 2.05. The fourth-order valence-corrected chi connectivity index (χ4v) is 2.03. The number of hydrogen-bond acceptors (Lipinski definition) is 3. The van der Waals surface area contributed by atoms with Gasteiger partial charge in [-0.15, -0.1) is 0 Å². The monoisotopic (exact) mass is 258 g/mol. The lowest BCUT2D eigenvalue weighted by Crippen LogP contribution is -2.40. The average molecular weight is 258 g/mol. The van der Waals surface area contributed by atoms with E-state index in [1.54, 1.807) is 24.3 Å². The third-order valence-electron chi connectivity index (χ3n) is 2.06. The summed E-state index contributed by atoms with van der Waals surface area (Å²) in [5.74, 6) is -1.22. The van der Waals surface area contributed by atoms with Gasteiger partial charge in [0.25, 0.3) is 10.2 Å². The molecule has 0 saturated heterocycles. The van der Waals surface area contributed by atoms with Gasteiger partial charge in [-0.3, -0.25) is 4.79 Å². The molecule has 2 N–H and O–H groups in total. The van der Waals surface area contributed by atoms with Crippen LogP contribution in [0.3, 0.4) is 0 Å². The summed E-state index contributed by atoms with van der Waals surface area (Å²) in [4.78, 5) is 10.3. The van der Waals surface area contributed by atoms with E-state index in [0.717, 1.165) is 9.87 Å². The van der Waals surface area contributed by atoms with Gasteiger partial charge in [-0.25, -0.2) is 0 Å². The first-order valence-corrected chi connectivity index (χ1v) is 6.32. The number of nitrogens with one attached hydrogen (secondary N) is 1. The van der Waals surface area contributed by atoms with Crippen LogP contribution < -0.4 is 4.72 Å². The van der Waals surface area contributed by atoms with E-state index in [4.69, 9.17) is 5.11 Å². The molecule has 0 aliphatic heterocycles. The Morgan fingerprint density at radius 3 is 2.47 bits per heavy atom. The second-order valence-corrected chi connectivity index (χ2v) is 5.32. The molecule has 17 heavy (non-hydrogen) atoms. The number of benzene rings is 1. The molecule has 7 heteroatoms. The maximum atomic E-state index is 11.6. The first-order chi connectivity index (χ1) is 7.92. The largest absolute Gasteiger partial charge is 0.480 e. The summed E-state index contributed by atoms with van der Waals surface area (Å²) in [7, 11) is -2.36. The van der Waals surface area contributed by atoms with Crippen molar-refractivity contribution in [1.82, 2.24) is 9.03 Å². The Labute approximate surface area is 100 Å². The highest BCUT2D eigenvalue weighted by molar-refractivity contribution is 7.87. The van der Waals surface area contributed by atoms with Gasteiger partial charge in [-0.1, -0.05) is 30.3 Å². The maximum absolute atomic E-state index is 11.6. The number of carboxylic acid groups (broad SMARTS) is 1. The fourth-order valence-electron chi connectivity index (χ4n) is 1.19. The molecular formula is C10H14N2O4S. The SMILES string of the molecule is CN(Cc1ccccc1)S(=O)(=O)NCC(=O)O. The first-order valence-electron chi connectivity index (χ1n) is 4.88. The molecule has 0 bridgehead atoms. The number of carbonyl (C=O) groups is 1. The van der Waals surface area contributed by atoms with Crippen LogP contribution in [0.2, 0.25) is 0 Å². The molecule has 0 amide bonds. The molecule has 0 spiro atoms. The quantitative estimate of drug-likeness (QED) is 0.754. The van der Waals surface area contributed by atoms with Crippen LogP contribution in [0.15, 0.2) is 30.3 Å². The van der Waals surface area contributed by atoms with Crippen LogP contribution in [0, 0.1) is 0 Å². The minimum absolute atomic E-state index is 0.190. The molecule has 0 aliphatic carbocycles. The van der Waals surface area contributed by atoms with Crippen LogP contribution in [-0.4, -0.2) is 37.4 Å². The summed E-state index contributed by atoms with van der Waals surface area (Å²) < 4.78 is 26.2. The Kier molecular flexibility index (Phi) is 4.62. The number of nitrogens with zero attached hydrogens (tertiary/aromatic N) is 1. The second kappa shape index (κ2) is 5.76. The zero-order valence-corrected chi connectivity index (χ0v) is 10.1. The lowest BCUT2D eigenvalue weighted by molar-refractivity contribution is -0.135. The molecule has 0 heterocycles. The molecule has 94 valence electrons. The number of hydrogen-bond donors (Lipinski definition) is 2. The van der Waals surface area contributed by atoms with Gasteiger partial charge in [-0.05, 0) is 5.56 Å². The highest BCUT2D eigenvalue weighted by Gasteiger charge is 2.18. The van der Waals surface area contributed by atoms with Gasteiger partial charge in [0.05, 0.1) is 0 Å². The highest BCUT2D eigenvalue weighted by atomic mass is 32.2. The van der Waals surface area contributed by atoms with E-state index in [1.165, 1.54) is 7.05 Å². The Balaban J connectivity index is 2.63. The molecule has 0 radical (unpaired) electrons. The lowest BCUT2D eigenvalue weighted by Gasteiger charge is -2.16.